The molecule has 0 bridgehead atoms. The number of alkyl halides is 3. The normalized spacial score (nSPS) is 13.7. The Labute approximate surface area is 210 Å². The molecule has 2 aromatic heterocycles. The van der Waals surface area contributed by atoms with Crippen molar-refractivity contribution in [3.05, 3.63) is 60.2 Å². The second kappa shape index (κ2) is 10.6. The van der Waals surface area contributed by atoms with Crippen molar-refractivity contribution < 1.29 is 26.0 Å². The SMILES string of the molecule is C=CN=C(/N=C\C)n1c(-c2ccc(S(=O)(=O)N[C@@H](C)C(F)(F)F)cn2)c(C#N)c2cc(F)c(CC)cc21. The molecule has 0 spiro atoms. The highest BCUT2D eigenvalue weighted by molar-refractivity contribution is 7.89. The maximum absolute atomic E-state index is 14.7. The van der Waals surface area contributed by atoms with Crippen LogP contribution in [-0.4, -0.2) is 42.4 Å². The van der Waals surface area contributed by atoms with Crippen LogP contribution >= 0.6 is 0 Å². The van der Waals surface area contributed by atoms with Gasteiger partial charge in [-0.25, -0.2) is 22.8 Å². The van der Waals surface area contributed by atoms with Gasteiger partial charge in [0.2, 0.25) is 16.0 Å². The number of benzene rings is 1. The maximum Gasteiger partial charge on any atom is 0.404 e. The number of hydrogen-bond acceptors (Lipinski definition) is 5. The zero-order chi connectivity index (χ0) is 27.5. The number of nitrogens with zero attached hydrogens (tertiary/aromatic N) is 5. The molecule has 194 valence electrons. The van der Waals surface area contributed by atoms with Crippen LogP contribution in [0.1, 0.15) is 31.9 Å². The summed E-state index contributed by atoms with van der Waals surface area (Å²) >= 11 is 0. The number of aryl methyl sites for hydroxylation is 1. The Balaban J connectivity index is 2.29. The van der Waals surface area contributed by atoms with Crippen molar-refractivity contribution in [3.63, 3.8) is 0 Å². The fraction of sp³-hybridized carbons (Fsp3) is 0.250. The van der Waals surface area contributed by atoms with Crippen LogP contribution in [0.25, 0.3) is 22.3 Å². The van der Waals surface area contributed by atoms with Gasteiger partial charge >= 0.3 is 6.18 Å². The van der Waals surface area contributed by atoms with Crippen molar-refractivity contribution in [2.24, 2.45) is 9.98 Å². The molecule has 0 amide bonds. The predicted octanol–water partition coefficient (Wildman–Crippen LogP) is 4.94. The Morgan fingerprint density at radius 3 is 2.57 bits per heavy atom. The number of aliphatic imine (C=N–C) groups is 2. The molecule has 37 heavy (non-hydrogen) atoms. The van der Waals surface area contributed by atoms with Crippen LogP contribution in [0, 0.1) is 17.1 Å². The Morgan fingerprint density at radius 1 is 1.35 bits per heavy atom. The highest BCUT2D eigenvalue weighted by Crippen LogP contribution is 2.35. The van der Waals surface area contributed by atoms with Crippen molar-refractivity contribution in [2.45, 2.75) is 44.3 Å². The Bertz CT molecular complexity index is 1550. The standard InChI is InChI=1S/C24H22F4N6O2S/c1-5-15-10-21-17(11-19(15)25)18(12-29)22(34(21)23(30-6-2)31-7-3)20-9-8-16(13-32-20)37(35,36)33-14(4)24(26,27)28/h6-11,13-14,33H,2,5H2,1,3-4H3/b30-23?,31-7-/t14-/m0/s1. The van der Waals surface area contributed by atoms with E-state index in [0.29, 0.717) is 24.4 Å². The molecular formula is C24H22F4N6O2S. The number of nitrogens with one attached hydrogen (secondary N) is 1. The monoisotopic (exact) mass is 534 g/mol. The topological polar surface area (TPSA) is 112 Å². The molecule has 0 saturated heterocycles. The van der Waals surface area contributed by atoms with E-state index in [9.17, 15) is 31.2 Å². The number of rotatable bonds is 6. The molecule has 3 aromatic rings. The van der Waals surface area contributed by atoms with Crippen LogP contribution in [0.15, 0.2) is 58.1 Å². The minimum absolute atomic E-state index is 0.0199. The Morgan fingerprint density at radius 2 is 2.05 bits per heavy atom. The van der Waals surface area contributed by atoms with Crippen molar-refractivity contribution in [3.8, 4) is 17.5 Å². The number of aromatic nitrogens is 2. The summed E-state index contributed by atoms with van der Waals surface area (Å²) in [5.74, 6) is -0.442. The molecule has 0 aliphatic rings. The van der Waals surface area contributed by atoms with Crippen molar-refractivity contribution in [1.29, 1.82) is 5.26 Å². The van der Waals surface area contributed by atoms with Crippen LogP contribution in [0.3, 0.4) is 0 Å². The van der Waals surface area contributed by atoms with E-state index < -0.39 is 33.0 Å². The lowest BCUT2D eigenvalue weighted by atomic mass is 10.1. The summed E-state index contributed by atoms with van der Waals surface area (Å²) in [6.45, 7) is 7.65. The lowest BCUT2D eigenvalue weighted by Crippen LogP contribution is -2.42. The fourth-order valence-corrected chi connectivity index (χ4v) is 4.75. The third kappa shape index (κ3) is 5.45. The Kier molecular flexibility index (Phi) is 7.94. The van der Waals surface area contributed by atoms with Crippen LogP contribution in [0.2, 0.25) is 0 Å². The summed E-state index contributed by atoms with van der Waals surface area (Å²) < 4.78 is 81.2. The van der Waals surface area contributed by atoms with Gasteiger partial charge < -0.3 is 0 Å². The molecule has 0 fully saturated rings. The van der Waals surface area contributed by atoms with Gasteiger partial charge in [-0.15, -0.1) is 0 Å². The van der Waals surface area contributed by atoms with E-state index in [0.717, 1.165) is 12.3 Å². The zero-order valence-electron chi connectivity index (χ0n) is 20.0. The average molecular weight is 535 g/mol. The third-order valence-corrected chi connectivity index (χ3v) is 6.92. The second-order valence-corrected chi connectivity index (χ2v) is 9.46. The minimum atomic E-state index is -4.78. The van der Waals surface area contributed by atoms with Crippen molar-refractivity contribution in [2.75, 3.05) is 0 Å². The van der Waals surface area contributed by atoms with Crippen LogP contribution in [-0.2, 0) is 16.4 Å². The number of pyridine rings is 1. The minimum Gasteiger partial charge on any atom is -0.275 e. The van der Waals surface area contributed by atoms with Gasteiger partial charge in [-0.05, 0) is 50.1 Å². The molecule has 1 N–H and O–H groups in total. The predicted molar refractivity (Wildman–Crippen MR) is 132 cm³/mol. The summed E-state index contributed by atoms with van der Waals surface area (Å²) in [6, 6.07) is 4.77. The highest BCUT2D eigenvalue weighted by atomic mass is 32.2. The largest absolute Gasteiger partial charge is 0.404 e. The molecule has 0 unspecified atom stereocenters. The summed E-state index contributed by atoms with van der Waals surface area (Å²) in [4.78, 5) is 12.0. The van der Waals surface area contributed by atoms with Gasteiger partial charge in [0.15, 0.2) is 0 Å². The first-order valence-corrected chi connectivity index (χ1v) is 12.4. The average Bonchev–Trinajstić information content (AvgIpc) is 3.15. The molecule has 0 aliphatic heterocycles. The molecule has 1 atom stereocenters. The Hall–Kier alpha value is -3.89. The molecule has 0 saturated carbocycles. The molecule has 0 aliphatic carbocycles. The first-order valence-electron chi connectivity index (χ1n) is 10.9. The van der Waals surface area contributed by atoms with Gasteiger partial charge in [0.05, 0.1) is 22.5 Å². The lowest BCUT2D eigenvalue weighted by molar-refractivity contribution is -0.147. The second-order valence-electron chi connectivity index (χ2n) is 7.75. The zero-order valence-corrected chi connectivity index (χ0v) is 20.8. The van der Waals surface area contributed by atoms with E-state index in [2.05, 4.69) is 21.5 Å². The molecule has 0 radical (unpaired) electrons. The van der Waals surface area contributed by atoms with Gasteiger partial charge in [-0.2, -0.15) is 23.2 Å². The molecule has 1 aromatic carbocycles. The maximum atomic E-state index is 14.7. The van der Waals surface area contributed by atoms with E-state index in [1.165, 1.54) is 29.1 Å². The first kappa shape index (κ1) is 27.7. The van der Waals surface area contributed by atoms with Gasteiger partial charge in [0, 0.05) is 24.0 Å². The summed E-state index contributed by atoms with van der Waals surface area (Å²) in [5, 5.41) is 10.2. The summed E-state index contributed by atoms with van der Waals surface area (Å²) in [5.41, 5.74) is 1.01. The van der Waals surface area contributed by atoms with Crippen molar-refractivity contribution in [1.82, 2.24) is 14.3 Å². The third-order valence-electron chi connectivity index (χ3n) is 5.39. The van der Waals surface area contributed by atoms with E-state index in [-0.39, 0.29) is 28.3 Å². The van der Waals surface area contributed by atoms with E-state index >= 15 is 0 Å². The van der Waals surface area contributed by atoms with Crippen LogP contribution in [0.4, 0.5) is 17.6 Å². The van der Waals surface area contributed by atoms with Crippen LogP contribution < -0.4 is 4.72 Å². The van der Waals surface area contributed by atoms with E-state index in [1.54, 1.807) is 24.6 Å². The molecule has 8 nitrogen and oxygen atoms in total. The summed E-state index contributed by atoms with van der Waals surface area (Å²) in [6.07, 6.45) is -0.870. The van der Waals surface area contributed by atoms with E-state index in [4.69, 9.17) is 0 Å². The molecular weight excluding hydrogens is 512 g/mol. The highest BCUT2D eigenvalue weighted by Gasteiger charge is 2.39. The van der Waals surface area contributed by atoms with Gasteiger partial charge in [0.1, 0.15) is 22.8 Å². The lowest BCUT2D eigenvalue weighted by Gasteiger charge is -2.17. The number of fused-ring (bicyclic) bond motifs is 1. The molecule has 3 rings (SSSR count). The molecule has 13 heteroatoms. The van der Waals surface area contributed by atoms with E-state index in [1.807, 2.05) is 6.07 Å². The smallest absolute Gasteiger partial charge is 0.275 e. The van der Waals surface area contributed by atoms with Gasteiger partial charge in [-0.1, -0.05) is 13.5 Å². The number of halogens is 4. The quantitative estimate of drug-likeness (QED) is 0.274. The summed E-state index contributed by atoms with van der Waals surface area (Å²) in [7, 11) is -4.55. The van der Waals surface area contributed by atoms with Gasteiger partial charge in [0.25, 0.3) is 0 Å². The number of sulfonamides is 1. The van der Waals surface area contributed by atoms with Crippen LogP contribution in [0.5, 0.6) is 0 Å². The van der Waals surface area contributed by atoms with Crippen molar-refractivity contribution >= 4 is 33.1 Å². The number of nitriles is 1. The first-order chi connectivity index (χ1) is 17.4. The molecule has 2 heterocycles. The van der Waals surface area contributed by atoms with Gasteiger partial charge in [-0.3, -0.25) is 9.55 Å². The fourth-order valence-electron chi connectivity index (χ4n) is 3.58. The number of hydrogen-bond donors (Lipinski definition) is 1.